The maximum absolute atomic E-state index is 2.17. The molecule has 1 heterocycles. The molecule has 0 fully saturated rings. The van der Waals surface area contributed by atoms with Crippen LogP contribution >= 0.6 is 0 Å². The molecule has 0 amide bonds. The highest BCUT2D eigenvalue weighted by Crippen LogP contribution is 1.98. The third-order valence-electron chi connectivity index (χ3n) is 0.577. The van der Waals surface area contributed by atoms with E-state index in [2.05, 4.69) is 18.8 Å². The van der Waals surface area contributed by atoms with Gasteiger partial charge < -0.3 is 0 Å². The first-order valence-corrected chi connectivity index (χ1v) is 1.58. The Morgan fingerprint density at radius 1 is 1.50 bits per heavy atom. The Morgan fingerprint density at radius 3 is 1.75 bits per heavy atom. The molecule has 1 aliphatic heterocycles. The molecule has 1 aliphatic rings. The average molecular weight is 51.9 g/mol. The van der Waals surface area contributed by atoms with Gasteiger partial charge in [0.2, 0.25) is 0 Å². The van der Waals surface area contributed by atoms with Crippen LogP contribution in [0.1, 0.15) is 0 Å². The highest BCUT2D eigenvalue weighted by atomic mass is 13.6. The summed E-state index contributed by atoms with van der Waals surface area (Å²) in [6.07, 6.45) is 0. The molecular weight excluding hydrogens is 46.8 g/mol. The molecule has 0 aromatic carbocycles. The third-order valence-corrected chi connectivity index (χ3v) is 0.577. The van der Waals surface area contributed by atoms with Crippen molar-refractivity contribution >= 4 is 6.71 Å². The molecule has 0 nitrogen and oxygen atoms in total. The van der Waals surface area contributed by atoms with Crippen LogP contribution in [0.25, 0.3) is 0 Å². The third kappa shape index (κ3) is 0.149. The molecule has 0 saturated carbocycles. The molecule has 0 unspecified atom stereocenters. The van der Waals surface area contributed by atoms with Crippen molar-refractivity contribution in [2.45, 2.75) is 6.82 Å². The summed E-state index contributed by atoms with van der Waals surface area (Å²) in [6.45, 7) is 3.00. The van der Waals surface area contributed by atoms with Gasteiger partial charge in [0.05, 0.1) is 0 Å². The Morgan fingerprint density at radius 2 is 1.75 bits per heavy atom. The summed E-state index contributed by atoms with van der Waals surface area (Å²) in [5.41, 5.74) is 0. The van der Waals surface area contributed by atoms with Gasteiger partial charge in [-0.15, -0.1) is 12.0 Å². The van der Waals surface area contributed by atoms with Crippen molar-refractivity contribution in [3.8, 4) is 0 Å². The lowest BCUT2D eigenvalue weighted by Crippen LogP contribution is -1.69. The summed E-state index contributed by atoms with van der Waals surface area (Å²) in [7, 11) is 0. The molecule has 1 rings (SSSR count). The minimum atomic E-state index is 0.833. The topological polar surface area (TPSA) is 0 Å². The highest BCUT2D eigenvalue weighted by molar-refractivity contribution is 6.78. The van der Waals surface area contributed by atoms with E-state index in [1.807, 2.05) is 0 Å². The average Bonchev–Trinajstić information content (AvgIpc) is 1.75. The van der Waals surface area contributed by atoms with Gasteiger partial charge >= 0.3 is 0 Å². The summed E-state index contributed by atoms with van der Waals surface area (Å²) in [5.74, 6) is 4.33. The van der Waals surface area contributed by atoms with Crippen LogP contribution in [-0.2, 0) is 0 Å². The van der Waals surface area contributed by atoms with Crippen molar-refractivity contribution in [2.75, 3.05) is 0 Å². The molecular formula is C3H5B. The van der Waals surface area contributed by atoms with E-state index in [0.29, 0.717) is 0 Å². The fourth-order valence-corrected chi connectivity index (χ4v) is 0.111. The Balaban J connectivity index is 2.32. The summed E-state index contributed by atoms with van der Waals surface area (Å²) in [6, 6.07) is 0. The Kier molecular flexibility index (Phi) is 0.205. The second-order valence-electron chi connectivity index (χ2n) is 1.24. The summed E-state index contributed by atoms with van der Waals surface area (Å²) >= 11 is 0. The van der Waals surface area contributed by atoms with Crippen LogP contribution in [0.3, 0.4) is 0 Å². The predicted octanol–water partition coefficient (Wildman–Crippen LogP) is 0.759. The van der Waals surface area contributed by atoms with Gasteiger partial charge in [-0.3, -0.25) is 0 Å². The SMILES string of the molecule is CB1C=C1. The normalized spacial score (nSPS) is 17.8. The van der Waals surface area contributed by atoms with E-state index in [1.54, 1.807) is 0 Å². The second-order valence-corrected chi connectivity index (χ2v) is 1.24. The number of hydrogen-bond donors (Lipinski definition) is 0. The van der Waals surface area contributed by atoms with E-state index in [-0.39, 0.29) is 0 Å². The molecule has 4 heavy (non-hydrogen) atoms. The van der Waals surface area contributed by atoms with Crippen LogP contribution in [0.2, 0.25) is 6.82 Å². The summed E-state index contributed by atoms with van der Waals surface area (Å²) in [4.78, 5) is 0. The standard InChI is InChI=1S/C3H5B/c1-4-2-3-4/h2-3H,1H3. The Hall–Kier alpha value is -0.195. The fraction of sp³-hybridized carbons (Fsp3) is 0.333. The molecule has 1 heteroatoms. The molecule has 0 N–H and O–H groups in total. The molecule has 0 aromatic rings. The summed E-state index contributed by atoms with van der Waals surface area (Å²) in [5, 5.41) is 0. The lowest BCUT2D eigenvalue weighted by molar-refractivity contribution is 2.28. The number of rotatable bonds is 0. The maximum atomic E-state index is 2.17. The van der Waals surface area contributed by atoms with Crippen molar-refractivity contribution in [2.24, 2.45) is 0 Å². The molecule has 0 radical (unpaired) electrons. The van der Waals surface area contributed by atoms with E-state index >= 15 is 0 Å². The Bertz CT molecular complexity index is 41.2. The van der Waals surface area contributed by atoms with E-state index in [1.165, 1.54) is 0 Å². The van der Waals surface area contributed by atoms with Crippen molar-refractivity contribution in [3.63, 3.8) is 0 Å². The fourth-order valence-electron chi connectivity index (χ4n) is 0.111. The molecule has 0 atom stereocenters. The summed E-state index contributed by atoms with van der Waals surface area (Å²) < 4.78 is 0. The van der Waals surface area contributed by atoms with Crippen LogP contribution in [0.5, 0.6) is 0 Å². The van der Waals surface area contributed by atoms with E-state index < -0.39 is 0 Å². The van der Waals surface area contributed by atoms with Gasteiger partial charge in [0.1, 0.15) is 0 Å². The highest BCUT2D eigenvalue weighted by Gasteiger charge is 2.04. The van der Waals surface area contributed by atoms with Crippen molar-refractivity contribution in [1.29, 1.82) is 0 Å². The lowest BCUT2D eigenvalue weighted by atomic mass is 9.71. The number of hydrogen-bond acceptors (Lipinski definition) is 0. The molecule has 20 valence electrons. The van der Waals surface area contributed by atoms with E-state index in [0.717, 1.165) is 6.71 Å². The lowest BCUT2D eigenvalue weighted by Gasteiger charge is -1.49. The van der Waals surface area contributed by atoms with Crippen molar-refractivity contribution < 1.29 is 0 Å². The van der Waals surface area contributed by atoms with Crippen molar-refractivity contribution in [1.82, 2.24) is 0 Å². The van der Waals surface area contributed by atoms with E-state index in [9.17, 15) is 0 Å². The maximum Gasteiger partial charge on any atom is 0.186 e. The predicted molar refractivity (Wildman–Crippen MR) is 20.8 cm³/mol. The minimum Gasteiger partial charge on any atom is -0.123 e. The second kappa shape index (κ2) is 0.396. The first-order valence-electron chi connectivity index (χ1n) is 1.58. The van der Waals surface area contributed by atoms with Gasteiger partial charge in [-0.25, -0.2) is 0 Å². The van der Waals surface area contributed by atoms with Gasteiger partial charge in [0.25, 0.3) is 0 Å². The largest absolute Gasteiger partial charge is 0.186 e. The monoisotopic (exact) mass is 52.0 g/mol. The zero-order valence-electron chi connectivity index (χ0n) is 2.73. The van der Waals surface area contributed by atoms with Gasteiger partial charge in [-0.2, -0.15) is 0 Å². The quantitative estimate of drug-likeness (QED) is 0.357. The zero-order valence-corrected chi connectivity index (χ0v) is 2.73. The van der Waals surface area contributed by atoms with Crippen LogP contribution in [0.15, 0.2) is 12.0 Å². The van der Waals surface area contributed by atoms with Gasteiger partial charge in [-0.1, -0.05) is 6.82 Å². The van der Waals surface area contributed by atoms with Crippen LogP contribution in [0, 0.1) is 0 Å². The van der Waals surface area contributed by atoms with Crippen LogP contribution < -0.4 is 0 Å². The van der Waals surface area contributed by atoms with E-state index in [4.69, 9.17) is 0 Å². The van der Waals surface area contributed by atoms with Crippen LogP contribution in [-0.4, -0.2) is 6.71 Å². The molecule has 0 aliphatic carbocycles. The van der Waals surface area contributed by atoms with Gasteiger partial charge in [0, 0.05) is 0 Å². The van der Waals surface area contributed by atoms with Crippen molar-refractivity contribution in [3.05, 3.63) is 12.0 Å². The van der Waals surface area contributed by atoms with Crippen LogP contribution in [0.4, 0.5) is 0 Å². The van der Waals surface area contributed by atoms with Gasteiger partial charge in [0.15, 0.2) is 6.71 Å². The molecule has 0 spiro atoms. The van der Waals surface area contributed by atoms with Gasteiger partial charge in [-0.05, 0) is 0 Å². The molecule has 0 aromatic heterocycles. The Labute approximate surface area is 26.6 Å². The first kappa shape index (κ1) is 2.07. The smallest absolute Gasteiger partial charge is 0.123 e. The molecule has 0 bridgehead atoms. The minimum absolute atomic E-state index is 0.833. The molecule has 0 saturated heterocycles. The first-order chi connectivity index (χ1) is 1.89. The zero-order chi connectivity index (χ0) is 2.99.